The molecular formula is C11H14O2. The molecule has 0 spiro atoms. The van der Waals surface area contributed by atoms with E-state index in [1.807, 2.05) is 0 Å². The average molecular weight is 178 g/mol. The molecule has 13 heavy (non-hydrogen) atoms. The minimum Gasteiger partial charge on any atom is -0.458 e. The molecule has 1 saturated heterocycles. The van der Waals surface area contributed by atoms with Crippen molar-refractivity contribution in [2.75, 3.05) is 0 Å². The van der Waals surface area contributed by atoms with Gasteiger partial charge >= 0.3 is 5.97 Å². The van der Waals surface area contributed by atoms with Crippen LogP contribution in [0.15, 0.2) is 11.6 Å². The molecule has 1 aliphatic heterocycles. The molecule has 1 saturated carbocycles. The molecule has 3 rings (SSSR count). The molecule has 2 fully saturated rings. The Morgan fingerprint density at radius 1 is 1.46 bits per heavy atom. The largest absolute Gasteiger partial charge is 0.458 e. The van der Waals surface area contributed by atoms with E-state index in [0.29, 0.717) is 11.8 Å². The summed E-state index contributed by atoms with van der Waals surface area (Å²) < 4.78 is 5.34. The van der Waals surface area contributed by atoms with E-state index in [-0.39, 0.29) is 12.1 Å². The Morgan fingerprint density at radius 2 is 2.31 bits per heavy atom. The highest BCUT2D eigenvalue weighted by Gasteiger charge is 2.50. The molecule has 0 aromatic heterocycles. The first kappa shape index (κ1) is 7.60. The van der Waals surface area contributed by atoms with Crippen LogP contribution < -0.4 is 0 Å². The highest BCUT2D eigenvalue weighted by atomic mass is 16.6. The van der Waals surface area contributed by atoms with Gasteiger partial charge in [-0.15, -0.1) is 0 Å². The number of ether oxygens (including phenoxy) is 1. The molecule has 0 N–H and O–H groups in total. The van der Waals surface area contributed by atoms with Crippen molar-refractivity contribution in [3.05, 3.63) is 11.6 Å². The van der Waals surface area contributed by atoms with E-state index in [0.717, 1.165) is 17.9 Å². The lowest BCUT2D eigenvalue weighted by atomic mass is 9.77. The van der Waals surface area contributed by atoms with Crippen molar-refractivity contribution >= 4 is 5.97 Å². The minimum atomic E-state index is -0.0359. The van der Waals surface area contributed by atoms with E-state index >= 15 is 0 Å². The van der Waals surface area contributed by atoms with E-state index in [1.165, 1.54) is 12.8 Å². The number of hydrogen-bond acceptors (Lipinski definition) is 2. The summed E-state index contributed by atoms with van der Waals surface area (Å²) in [5.74, 6) is 1.72. The van der Waals surface area contributed by atoms with Crippen LogP contribution in [0.5, 0.6) is 0 Å². The van der Waals surface area contributed by atoms with Gasteiger partial charge in [-0.25, -0.2) is 4.79 Å². The molecule has 2 nitrogen and oxygen atoms in total. The second-order valence-corrected chi connectivity index (χ2v) is 4.64. The molecule has 0 radical (unpaired) electrons. The van der Waals surface area contributed by atoms with Crippen LogP contribution in [0.4, 0.5) is 0 Å². The summed E-state index contributed by atoms with van der Waals surface area (Å²) >= 11 is 0. The Kier molecular flexibility index (Phi) is 1.38. The molecule has 3 aliphatic rings. The van der Waals surface area contributed by atoms with Gasteiger partial charge in [0.05, 0.1) is 0 Å². The number of carbonyl (C=O) groups excluding carboxylic acids is 1. The zero-order valence-corrected chi connectivity index (χ0v) is 7.82. The number of carbonyl (C=O) groups is 1. The topological polar surface area (TPSA) is 26.3 Å². The van der Waals surface area contributed by atoms with Gasteiger partial charge in [0, 0.05) is 11.5 Å². The van der Waals surface area contributed by atoms with Crippen molar-refractivity contribution in [2.24, 2.45) is 17.8 Å². The lowest BCUT2D eigenvalue weighted by Gasteiger charge is -2.25. The van der Waals surface area contributed by atoms with Crippen LogP contribution in [0.2, 0.25) is 0 Å². The summed E-state index contributed by atoms with van der Waals surface area (Å²) in [5.41, 5.74) is 0.992. The molecule has 0 unspecified atom stereocenters. The third-order valence-electron chi connectivity index (χ3n) is 3.72. The maximum absolute atomic E-state index is 11.5. The predicted octanol–water partition coefficient (Wildman–Crippen LogP) is 1.90. The van der Waals surface area contributed by atoms with Crippen molar-refractivity contribution in [3.63, 3.8) is 0 Å². The van der Waals surface area contributed by atoms with Crippen molar-refractivity contribution < 1.29 is 9.53 Å². The first-order valence-corrected chi connectivity index (χ1v) is 5.18. The lowest BCUT2D eigenvalue weighted by molar-refractivity contribution is -0.138. The van der Waals surface area contributed by atoms with Crippen LogP contribution in [-0.4, -0.2) is 12.1 Å². The smallest absolute Gasteiger partial charge is 0.334 e. The molecule has 2 aliphatic carbocycles. The van der Waals surface area contributed by atoms with Crippen molar-refractivity contribution in [1.29, 1.82) is 0 Å². The SMILES string of the molecule is C[C@@H]1C=C2C(=O)O[C@@H]3CC[C@H](C1)[C@H]23. The van der Waals surface area contributed by atoms with Gasteiger partial charge in [0.1, 0.15) is 6.10 Å². The van der Waals surface area contributed by atoms with E-state index in [2.05, 4.69) is 13.0 Å². The van der Waals surface area contributed by atoms with Crippen molar-refractivity contribution in [3.8, 4) is 0 Å². The Hall–Kier alpha value is -0.790. The fraction of sp³-hybridized carbons (Fsp3) is 0.727. The number of allylic oxidation sites excluding steroid dienone is 1. The normalized spacial score (nSPS) is 47.2. The molecular weight excluding hydrogens is 164 g/mol. The first-order valence-electron chi connectivity index (χ1n) is 5.18. The Morgan fingerprint density at radius 3 is 3.15 bits per heavy atom. The molecule has 4 atom stereocenters. The molecule has 0 aromatic rings. The second-order valence-electron chi connectivity index (χ2n) is 4.64. The monoisotopic (exact) mass is 178 g/mol. The van der Waals surface area contributed by atoms with Gasteiger partial charge in [0.15, 0.2) is 0 Å². The van der Waals surface area contributed by atoms with Crippen LogP contribution >= 0.6 is 0 Å². The summed E-state index contributed by atoms with van der Waals surface area (Å²) in [5, 5.41) is 0. The summed E-state index contributed by atoms with van der Waals surface area (Å²) in [4.78, 5) is 11.5. The average Bonchev–Trinajstić information content (AvgIpc) is 2.59. The van der Waals surface area contributed by atoms with E-state index in [1.54, 1.807) is 0 Å². The number of hydrogen-bond donors (Lipinski definition) is 0. The maximum atomic E-state index is 11.5. The standard InChI is InChI=1S/C11H14O2/c1-6-4-7-2-3-9-10(7)8(5-6)11(12)13-9/h5-7,9-10H,2-4H2,1H3/t6-,7+,9+,10+/m0/s1. The summed E-state index contributed by atoms with van der Waals surface area (Å²) in [6, 6.07) is 0. The van der Waals surface area contributed by atoms with Crippen LogP contribution in [0, 0.1) is 17.8 Å². The third-order valence-corrected chi connectivity index (χ3v) is 3.72. The molecule has 70 valence electrons. The zero-order chi connectivity index (χ0) is 9.00. The van der Waals surface area contributed by atoms with Gasteiger partial charge in [-0.2, -0.15) is 0 Å². The molecule has 0 bridgehead atoms. The van der Waals surface area contributed by atoms with Crippen LogP contribution in [0.25, 0.3) is 0 Å². The highest BCUT2D eigenvalue weighted by molar-refractivity contribution is 5.92. The minimum absolute atomic E-state index is 0.0359. The van der Waals surface area contributed by atoms with Gasteiger partial charge in [-0.1, -0.05) is 13.0 Å². The predicted molar refractivity (Wildman–Crippen MR) is 48.0 cm³/mol. The highest BCUT2D eigenvalue weighted by Crippen LogP contribution is 2.49. The van der Waals surface area contributed by atoms with E-state index in [9.17, 15) is 4.79 Å². The lowest BCUT2D eigenvalue weighted by Crippen LogP contribution is -2.21. The summed E-state index contributed by atoms with van der Waals surface area (Å²) in [6.45, 7) is 2.20. The quantitative estimate of drug-likeness (QED) is 0.529. The number of esters is 1. The number of rotatable bonds is 0. The van der Waals surface area contributed by atoms with Gasteiger partial charge in [0.25, 0.3) is 0 Å². The van der Waals surface area contributed by atoms with Crippen LogP contribution in [-0.2, 0) is 9.53 Å². The summed E-state index contributed by atoms with van der Waals surface area (Å²) in [6.07, 6.45) is 5.96. The van der Waals surface area contributed by atoms with Gasteiger partial charge in [0.2, 0.25) is 0 Å². The molecule has 0 aromatic carbocycles. The second kappa shape index (κ2) is 2.37. The fourth-order valence-electron chi connectivity index (χ4n) is 3.26. The van der Waals surface area contributed by atoms with Crippen LogP contribution in [0.1, 0.15) is 26.2 Å². The first-order chi connectivity index (χ1) is 6.25. The van der Waals surface area contributed by atoms with Gasteiger partial charge in [-0.3, -0.25) is 0 Å². The maximum Gasteiger partial charge on any atom is 0.334 e. The van der Waals surface area contributed by atoms with E-state index in [4.69, 9.17) is 4.74 Å². The van der Waals surface area contributed by atoms with Crippen molar-refractivity contribution in [2.45, 2.75) is 32.3 Å². The van der Waals surface area contributed by atoms with Gasteiger partial charge in [-0.05, 0) is 31.1 Å². The Balaban J connectivity index is 2.05. The third kappa shape index (κ3) is 0.917. The summed E-state index contributed by atoms with van der Waals surface area (Å²) in [7, 11) is 0. The molecule has 0 amide bonds. The zero-order valence-electron chi connectivity index (χ0n) is 7.82. The van der Waals surface area contributed by atoms with Gasteiger partial charge < -0.3 is 4.74 Å². The molecule has 2 heteroatoms. The molecule has 1 heterocycles. The Bertz CT molecular complexity index is 292. The van der Waals surface area contributed by atoms with E-state index < -0.39 is 0 Å². The van der Waals surface area contributed by atoms with Crippen molar-refractivity contribution in [1.82, 2.24) is 0 Å². The fourth-order valence-corrected chi connectivity index (χ4v) is 3.26. The Labute approximate surface area is 78.0 Å². The van der Waals surface area contributed by atoms with Crippen LogP contribution in [0.3, 0.4) is 0 Å².